The molecular weight excluding hydrogens is 482 g/mol. The Labute approximate surface area is 215 Å². The summed E-state index contributed by atoms with van der Waals surface area (Å²) in [5.41, 5.74) is 4.68. The Balaban J connectivity index is 1.69. The topological polar surface area (TPSA) is 64.6 Å². The summed E-state index contributed by atoms with van der Waals surface area (Å²) in [5.74, 6) is 1.71. The molecule has 1 aliphatic carbocycles. The average molecular weight is 512 g/mol. The van der Waals surface area contributed by atoms with E-state index in [1.165, 1.54) is 0 Å². The van der Waals surface area contributed by atoms with Crippen molar-refractivity contribution in [2.24, 2.45) is 0 Å². The van der Waals surface area contributed by atoms with Crippen LogP contribution in [0, 0.1) is 0 Å². The molecule has 2 atom stereocenters. The lowest BCUT2D eigenvalue weighted by atomic mass is 9.72. The summed E-state index contributed by atoms with van der Waals surface area (Å²) in [6.07, 6.45) is 1.07. The Morgan fingerprint density at radius 2 is 1.77 bits per heavy atom. The summed E-state index contributed by atoms with van der Waals surface area (Å²) in [6, 6.07) is 15.2. The van der Waals surface area contributed by atoms with E-state index in [4.69, 9.17) is 21.1 Å². The summed E-state index contributed by atoms with van der Waals surface area (Å²) in [7, 11) is 1.64. The molecule has 35 heavy (non-hydrogen) atoms. The molecule has 1 N–H and O–H groups in total. The van der Waals surface area contributed by atoms with Gasteiger partial charge in [0.15, 0.2) is 5.78 Å². The normalized spacial score (nSPS) is 19.8. The van der Waals surface area contributed by atoms with Gasteiger partial charge in [0.25, 0.3) is 0 Å². The molecule has 5 nitrogen and oxygen atoms in total. The van der Waals surface area contributed by atoms with Crippen LogP contribution in [0.2, 0.25) is 5.02 Å². The third kappa shape index (κ3) is 5.60. The van der Waals surface area contributed by atoms with Gasteiger partial charge in [-0.3, -0.25) is 4.79 Å². The summed E-state index contributed by atoms with van der Waals surface area (Å²) < 4.78 is 10.9. The molecule has 2 aromatic rings. The summed E-state index contributed by atoms with van der Waals surface area (Å²) in [6.45, 7) is 4.29. The maximum Gasteiger partial charge on any atom is 0.336 e. The fraction of sp³-hybridized carbons (Fsp3) is 0.357. The Morgan fingerprint density at radius 3 is 2.43 bits per heavy atom. The minimum absolute atomic E-state index is 0.0406. The number of ether oxygens (including phenoxy) is 2. The first kappa shape index (κ1) is 25.4. The minimum Gasteiger partial charge on any atom is -0.497 e. The number of nitrogens with one attached hydrogen (secondary N) is 1. The zero-order chi connectivity index (χ0) is 24.9. The number of thioether (sulfide) groups is 1. The van der Waals surface area contributed by atoms with Crippen LogP contribution in [0.4, 0.5) is 0 Å². The van der Waals surface area contributed by atoms with Gasteiger partial charge in [0, 0.05) is 40.1 Å². The number of rotatable bonds is 8. The van der Waals surface area contributed by atoms with E-state index in [0.29, 0.717) is 35.6 Å². The molecule has 4 rings (SSSR count). The smallest absolute Gasteiger partial charge is 0.336 e. The van der Waals surface area contributed by atoms with Crippen LogP contribution in [0.15, 0.2) is 71.1 Å². The van der Waals surface area contributed by atoms with Crippen LogP contribution in [0.25, 0.3) is 0 Å². The van der Waals surface area contributed by atoms with Gasteiger partial charge in [0.1, 0.15) is 12.4 Å². The number of hydrogen-bond donors (Lipinski definition) is 1. The number of carbonyl (C=O) groups is 2. The number of ketones is 1. The lowest BCUT2D eigenvalue weighted by molar-refractivity contribution is -0.138. The number of halogens is 1. The Kier molecular flexibility index (Phi) is 8.24. The van der Waals surface area contributed by atoms with E-state index in [-0.39, 0.29) is 17.7 Å². The average Bonchev–Trinajstić information content (AvgIpc) is 2.86. The SMILES string of the molecule is CCSCCOC(=O)C1=C(C)NC2=C(C(=O)C[C@@H](c3ccc(OC)cc3)C2)[C@H]1c1ccc(Cl)cc1. The molecule has 0 aromatic heterocycles. The van der Waals surface area contributed by atoms with Crippen LogP contribution in [0.3, 0.4) is 0 Å². The van der Waals surface area contributed by atoms with E-state index in [1.54, 1.807) is 31.0 Å². The maximum atomic E-state index is 13.6. The third-order valence-corrected chi connectivity index (χ3v) is 7.62. The van der Waals surface area contributed by atoms with Crippen molar-refractivity contribution in [3.05, 3.63) is 87.2 Å². The van der Waals surface area contributed by atoms with Crippen molar-refractivity contribution in [2.45, 2.75) is 38.5 Å². The number of methoxy groups -OCH3 is 1. The highest BCUT2D eigenvalue weighted by Crippen LogP contribution is 2.46. The highest BCUT2D eigenvalue weighted by molar-refractivity contribution is 7.99. The molecule has 0 radical (unpaired) electrons. The fourth-order valence-corrected chi connectivity index (χ4v) is 5.44. The van der Waals surface area contributed by atoms with Crippen LogP contribution in [-0.4, -0.2) is 37.0 Å². The van der Waals surface area contributed by atoms with E-state index in [0.717, 1.165) is 39.8 Å². The summed E-state index contributed by atoms with van der Waals surface area (Å²) in [5, 5.41) is 4.00. The molecule has 0 unspecified atom stereocenters. The van der Waals surface area contributed by atoms with E-state index in [1.807, 2.05) is 43.3 Å². The van der Waals surface area contributed by atoms with E-state index >= 15 is 0 Å². The lowest BCUT2D eigenvalue weighted by Gasteiger charge is -2.36. The first-order chi connectivity index (χ1) is 16.9. The fourth-order valence-electron chi connectivity index (χ4n) is 4.83. The van der Waals surface area contributed by atoms with Gasteiger partial charge in [-0.05, 0) is 60.4 Å². The van der Waals surface area contributed by atoms with Crippen LogP contribution < -0.4 is 10.1 Å². The highest BCUT2D eigenvalue weighted by atomic mass is 35.5. The monoisotopic (exact) mass is 511 g/mol. The predicted octanol–water partition coefficient (Wildman–Crippen LogP) is 6.01. The molecule has 2 aromatic carbocycles. The van der Waals surface area contributed by atoms with Crippen molar-refractivity contribution in [1.29, 1.82) is 0 Å². The summed E-state index contributed by atoms with van der Waals surface area (Å²) >= 11 is 7.87. The first-order valence-corrected chi connectivity index (χ1v) is 13.3. The quantitative estimate of drug-likeness (QED) is 0.346. The molecule has 184 valence electrons. The Bertz CT molecular complexity index is 1150. The van der Waals surface area contributed by atoms with Crippen molar-refractivity contribution in [3.8, 4) is 5.75 Å². The Hall–Kier alpha value is -2.70. The van der Waals surface area contributed by atoms with Crippen LogP contribution in [0.1, 0.15) is 49.7 Å². The number of Topliss-reactive ketones (excluding diaryl/α,β-unsaturated/α-hetero) is 1. The number of dihydropyridines is 1. The molecule has 0 spiro atoms. The van der Waals surface area contributed by atoms with Crippen molar-refractivity contribution >= 4 is 35.1 Å². The second-order valence-electron chi connectivity index (χ2n) is 8.67. The van der Waals surface area contributed by atoms with Gasteiger partial charge in [-0.25, -0.2) is 4.79 Å². The van der Waals surface area contributed by atoms with Gasteiger partial charge in [-0.2, -0.15) is 11.8 Å². The van der Waals surface area contributed by atoms with Crippen LogP contribution >= 0.6 is 23.4 Å². The second-order valence-corrected chi connectivity index (χ2v) is 10.5. The molecular formula is C28H30ClNO4S. The molecule has 0 saturated heterocycles. The van der Waals surface area contributed by atoms with Crippen molar-refractivity contribution in [2.75, 3.05) is 25.2 Å². The van der Waals surface area contributed by atoms with E-state index in [9.17, 15) is 9.59 Å². The zero-order valence-corrected chi connectivity index (χ0v) is 21.8. The standard InChI is InChI=1S/C28H30ClNO4S/c1-4-35-14-13-34-28(32)25-17(2)30-23-15-20(18-7-11-22(33-3)12-8-18)16-24(31)27(23)26(25)19-5-9-21(29)10-6-19/h5-12,20,26,30H,4,13-16H2,1-3H3/t20-,26-/m0/s1. The molecule has 0 fully saturated rings. The van der Waals surface area contributed by atoms with Gasteiger partial charge in [0.2, 0.25) is 0 Å². The zero-order valence-electron chi connectivity index (χ0n) is 20.2. The van der Waals surface area contributed by atoms with Crippen LogP contribution in [-0.2, 0) is 14.3 Å². The molecule has 1 heterocycles. The van der Waals surface area contributed by atoms with Crippen molar-refractivity contribution in [1.82, 2.24) is 5.32 Å². The van der Waals surface area contributed by atoms with Gasteiger partial charge >= 0.3 is 5.97 Å². The lowest BCUT2D eigenvalue weighted by Crippen LogP contribution is -2.36. The number of hydrogen-bond acceptors (Lipinski definition) is 6. The van der Waals surface area contributed by atoms with Crippen molar-refractivity contribution < 1.29 is 19.1 Å². The summed E-state index contributed by atoms with van der Waals surface area (Å²) in [4.78, 5) is 26.9. The van der Waals surface area contributed by atoms with Gasteiger partial charge < -0.3 is 14.8 Å². The van der Waals surface area contributed by atoms with Gasteiger partial charge in [-0.1, -0.05) is 42.8 Å². The minimum atomic E-state index is -0.487. The molecule has 0 amide bonds. The number of carbonyl (C=O) groups excluding carboxylic acids is 2. The highest BCUT2D eigenvalue weighted by Gasteiger charge is 2.41. The molecule has 1 aliphatic heterocycles. The van der Waals surface area contributed by atoms with Gasteiger partial charge in [-0.15, -0.1) is 0 Å². The molecule has 7 heteroatoms. The second kappa shape index (κ2) is 11.4. The predicted molar refractivity (Wildman–Crippen MR) is 141 cm³/mol. The molecule has 2 aliphatic rings. The number of benzene rings is 2. The van der Waals surface area contributed by atoms with Crippen LogP contribution in [0.5, 0.6) is 5.75 Å². The maximum absolute atomic E-state index is 13.6. The number of allylic oxidation sites excluding steroid dienone is 3. The van der Waals surface area contributed by atoms with E-state index in [2.05, 4.69) is 12.2 Å². The van der Waals surface area contributed by atoms with Crippen molar-refractivity contribution in [3.63, 3.8) is 0 Å². The first-order valence-electron chi connectivity index (χ1n) is 11.8. The largest absolute Gasteiger partial charge is 0.497 e. The third-order valence-electron chi connectivity index (χ3n) is 6.50. The van der Waals surface area contributed by atoms with E-state index < -0.39 is 5.92 Å². The van der Waals surface area contributed by atoms with Gasteiger partial charge in [0.05, 0.1) is 12.7 Å². The number of esters is 1. The Morgan fingerprint density at radius 1 is 1.09 bits per heavy atom. The molecule has 0 bridgehead atoms. The molecule has 0 saturated carbocycles.